The number of aromatic nitrogens is 2. The molecule has 0 saturated heterocycles. The maximum Gasteiger partial charge on any atom is 0.144 e. The number of nitrogens with two attached hydrogens (primary N) is 1. The largest absolute Gasteiger partial charge is 0.321 e. The smallest absolute Gasteiger partial charge is 0.144 e. The summed E-state index contributed by atoms with van der Waals surface area (Å²) in [5.41, 5.74) is 8.13. The molecule has 1 rings (SSSR count). The first-order valence-electron chi connectivity index (χ1n) is 4.78. The Kier molecular flexibility index (Phi) is 3.77. The molecule has 0 saturated carbocycles. The Bertz CT molecular complexity index is 303. The van der Waals surface area contributed by atoms with Gasteiger partial charge in [-0.05, 0) is 32.3 Å². The Morgan fingerprint density at radius 2 is 2.07 bits per heavy atom. The minimum atomic E-state index is -0.0766. The van der Waals surface area contributed by atoms with Gasteiger partial charge in [-0.25, -0.2) is 9.97 Å². The number of aryl methyl sites for hydroxylation is 1. The van der Waals surface area contributed by atoms with Crippen LogP contribution >= 0.6 is 0 Å². The monoisotopic (exact) mass is 191 g/mol. The van der Waals surface area contributed by atoms with E-state index in [0.29, 0.717) is 0 Å². The van der Waals surface area contributed by atoms with Gasteiger partial charge in [0.2, 0.25) is 0 Å². The summed E-state index contributed by atoms with van der Waals surface area (Å²) in [4.78, 5) is 8.38. The number of nitrogens with zero attached hydrogens (tertiary/aromatic N) is 2. The molecule has 14 heavy (non-hydrogen) atoms. The van der Waals surface area contributed by atoms with Gasteiger partial charge in [-0.1, -0.05) is 5.57 Å². The molecule has 0 radical (unpaired) electrons. The fourth-order valence-electron chi connectivity index (χ4n) is 1.13. The van der Waals surface area contributed by atoms with Crippen molar-refractivity contribution in [2.45, 2.75) is 32.7 Å². The van der Waals surface area contributed by atoms with Crippen LogP contribution in [0.5, 0.6) is 0 Å². The van der Waals surface area contributed by atoms with Crippen molar-refractivity contribution in [2.24, 2.45) is 5.73 Å². The normalized spacial score (nSPS) is 12.5. The number of rotatable bonds is 4. The molecule has 1 atom stereocenters. The third kappa shape index (κ3) is 3.26. The lowest BCUT2D eigenvalue weighted by Gasteiger charge is -2.09. The Morgan fingerprint density at radius 3 is 2.57 bits per heavy atom. The van der Waals surface area contributed by atoms with Crippen molar-refractivity contribution in [3.05, 3.63) is 35.9 Å². The van der Waals surface area contributed by atoms with E-state index in [0.717, 1.165) is 29.8 Å². The van der Waals surface area contributed by atoms with Crippen LogP contribution in [-0.4, -0.2) is 9.97 Å². The summed E-state index contributed by atoms with van der Waals surface area (Å²) >= 11 is 0. The van der Waals surface area contributed by atoms with Crippen LogP contribution in [0.4, 0.5) is 0 Å². The molecule has 0 aromatic carbocycles. The molecular weight excluding hydrogens is 174 g/mol. The van der Waals surface area contributed by atoms with Crippen molar-refractivity contribution in [2.75, 3.05) is 0 Å². The van der Waals surface area contributed by atoms with Crippen LogP contribution in [0, 0.1) is 6.92 Å². The number of allylic oxidation sites excluding steroid dienone is 1. The van der Waals surface area contributed by atoms with Gasteiger partial charge < -0.3 is 5.73 Å². The van der Waals surface area contributed by atoms with E-state index in [2.05, 4.69) is 16.5 Å². The van der Waals surface area contributed by atoms with Crippen molar-refractivity contribution in [3.8, 4) is 0 Å². The average molecular weight is 191 g/mol. The van der Waals surface area contributed by atoms with E-state index in [9.17, 15) is 0 Å². The van der Waals surface area contributed by atoms with E-state index < -0.39 is 0 Å². The van der Waals surface area contributed by atoms with Crippen LogP contribution in [0.15, 0.2) is 24.5 Å². The van der Waals surface area contributed by atoms with Gasteiger partial charge in [0.1, 0.15) is 5.82 Å². The first-order valence-corrected chi connectivity index (χ1v) is 4.78. The van der Waals surface area contributed by atoms with Crippen molar-refractivity contribution >= 4 is 0 Å². The zero-order valence-corrected chi connectivity index (χ0v) is 8.83. The maximum absolute atomic E-state index is 5.93. The van der Waals surface area contributed by atoms with Gasteiger partial charge in [-0.3, -0.25) is 0 Å². The highest BCUT2D eigenvalue weighted by atomic mass is 14.9. The standard InChI is InChI=1S/C11H17N3/c1-8(2)4-5-10(12)11-13-6-9(3)7-14-11/h6-7,10H,1,4-5,12H2,2-3H3. The van der Waals surface area contributed by atoms with Crippen LogP contribution in [0.25, 0.3) is 0 Å². The summed E-state index contributed by atoms with van der Waals surface area (Å²) in [6.45, 7) is 7.80. The highest BCUT2D eigenvalue weighted by Gasteiger charge is 2.07. The summed E-state index contributed by atoms with van der Waals surface area (Å²) < 4.78 is 0. The summed E-state index contributed by atoms with van der Waals surface area (Å²) in [5.74, 6) is 0.719. The van der Waals surface area contributed by atoms with Crippen LogP contribution < -0.4 is 5.73 Å². The van der Waals surface area contributed by atoms with E-state index in [1.165, 1.54) is 0 Å². The Balaban J connectivity index is 2.56. The van der Waals surface area contributed by atoms with E-state index in [1.54, 1.807) is 12.4 Å². The average Bonchev–Trinajstić information content (AvgIpc) is 2.15. The molecule has 2 N–H and O–H groups in total. The molecule has 0 amide bonds. The lowest BCUT2D eigenvalue weighted by molar-refractivity contribution is 0.609. The lowest BCUT2D eigenvalue weighted by Crippen LogP contribution is -2.13. The van der Waals surface area contributed by atoms with Crippen molar-refractivity contribution in [1.29, 1.82) is 0 Å². The zero-order chi connectivity index (χ0) is 10.6. The summed E-state index contributed by atoms with van der Waals surface area (Å²) in [6, 6.07) is -0.0766. The molecular formula is C11H17N3. The van der Waals surface area contributed by atoms with Gasteiger partial charge in [0.15, 0.2) is 0 Å². The highest BCUT2D eigenvalue weighted by Crippen LogP contribution is 2.13. The topological polar surface area (TPSA) is 51.8 Å². The van der Waals surface area contributed by atoms with Crippen LogP contribution in [-0.2, 0) is 0 Å². The van der Waals surface area contributed by atoms with Crippen molar-refractivity contribution in [1.82, 2.24) is 9.97 Å². The molecule has 3 nitrogen and oxygen atoms in total. The Morgan fingerprint density at radius 1 is 1.50 bits per heavy atom. The molecule has 1 heterocycles. The minimum Gasteiger partial charge on any atom is -0.321 e. The molecule has 0 aliphatic rings. The van der Waals surface area contributed by atoms with Gasteiger partial charge >= 0.3 is 0 Å². The van der Waals surface area contributed by atoms with Crippen LogP contribution in [0.2, 0.25) is 0 Å². The molecule has 0 spiro atoms. The quantitative estimate of drug-likeness (QED) is 0.742. The molecule has 0 aliphatic heterocycles. The Hall–Kier alpha value is -1.22. The third-order valence-corrected chi connectivity index (χ3v) is 2.01. The fraction of sp³-hybridized carbons (Fsp3) is 0.455. The summed E-state index contributed by atoms with van der Waals surface area (Å²) in [5, 5.41) is 0. The maximum atomic E-state index is 5.93. The SMILES string of the molecule is C=C(C)CCC(N)c1ncc(C)cn1. The first kappa shape index (κ1) is 10.9. The predicted molar refractivity (Wildman–Crippen MR) is 57.7 cm³/mol. The van der Waals surface area contributed by atoms with Gasteiger partial charge in [0.25, 0.3) is 0 Å². The second-order valence-corrected chi connectivity index (χ2v) is 3.72. The van der Waals surface area contributed by atoms with Gasteiger partial charge in [0.05, 0.1) is 6.04 Å². The molecule has 1 aromatic heterocycles. The molecule has 3 heteroatoms. The molecule has 76 valence electrons. The van der Waals surface area contributed by atoms with E-state index in [1.807, 2.05) is 13.8 Å². The Labute approximate surface area is 85.1 Å². The molecule has 0 bridgehead atoms. The molecule has 1 unspecified atom stereocenters. The van der Waals surface area contributed by atoms with Gasteiger partial charge in [-0.2, -0.15) is 0 Å². The van der Waals surface area contributed by atoms with E-state index in [4.69, 9.17) is 5.73 Å². The lowest BCUT2D eigenvalue weighted by atomic mass is 10.1. The van der Waals surface area contributed by atoms with Gasteiger partial charge in [-0.15, -0.1) is 6.58 Å². The molecule has 1 aromatic rings. The first-order chi connectivity index (χ1) is 6.59. The number of hydrogen-bond acceptors (Lipinski definition) is 3. The summed E-state index contributed by atoms with van der Waals surface area (Å²) in [6.07, 6.45) is 5.38. The van der Waals surface area contributed by atoms with Crippen LogP contribution in [0.3, 0.4) is 0 Å². The fourth-order valence-corrected chi connectivity index (χ4v) is 1.13. The summed E-state index contributed by atoms with van der Waals surface area (Å²) in [7, 11) is 0. The predicted octanol–water partition coefficient (Wildman–Crippen LogP) is 2.14. The van der Waals surface area contributed by atoms with Crippen molar-refractivity contribution < 1.29 is 0 Å². The van der Waals surface area contributed by atoms with Crippen LogP contribution in [0.1, 0.15) is 37.2 Å². The second kappa shape index (κ2) is 4.86. The van der Waals surface area contributed by atoms with Gasteiger partial charge in [0, 0.05) is 12.4 Å². The third-order valence-electron chi connectivity index (χ3n) is 2.01. The van der Waals surface area contributed by atoms with Crippen molar-refractivity contribution in [3.63, 3.8) is 0 Å². The second-order valence-electron chi connectivity index (χ2n) is 3.72. The van der Waals surface area contributed by atoms with E-state index >= 15 is 0 Å². The minimum absolute atomic E-state index is 0.0766. The molecule has 0 aliphatic carbocycles. The highest BCUT2D eigenvalue weighted by molar-refractivity contribution is 5.04. The zero-order valence-electron chi connectivity index (χ0n) is 8.83. The number of hydrogen-bond donors (Lipinski definition) is 1. The van der Waals surface area contributed by atoms with E-state index in [-0.39, 0.29) is 6.04 Å². The molecule has 0 fully saturated rings.